The molecule has 2 aliphatic carbocycles. The Balaban J connectivity index is 1.89. The van der Waals surface area contributed by atoms with Crippen LogP contribution in [0.3, 0.4) is 0 Å². The molecule has 0 aromatic rings. The molecule has 0 bridgehead atoms. The van der Waals surface area contributed by atoms with E-state index >= 15 is 0 Å². The third kappa shape index (κ3) is 1.21. The first-order chi connectivity index (χ1) is 6.82. The summed E-state index contributed by atoms with van der Waals surface area (Å²) in [5.41, 5.74) is 0. The van der Waals surface area contributed by atoms with Gasteiger partial charge in [0.1, 0.15) is 5.78 Å². The topological polar surface area (TPSA) is 17.1 Å². The molecule has 1 saturated carbocycles. The maximum absolute atomic E-state index is 11.6. The van der Waals surface area contributed by atoms with Gasteiger partial charge >= 0.3 is 0 Å². The quantitative estimate of drug-likeness (QED) is 0.591. The summed E-state index contributed by atoms with van der Waals surface area (Å²) >= 11 is 4.15. The number of hydrogen-bond donors (Lipinski definition) is 0. The van der Waals surface area contributed by atoms with Crippen molar-refractivity contribution >= 4 is 29.3 Å². The molecule has 3 heteroatoms. The second-order valence-electron chi connectivity index (χ2n) is 4.27. The van der Waals surface area contributed by atoms with Gasteiger partial charge < -0.3 is 0 Å². The second-order valence-corrected chi connectivity index (χ2v) is 7.27. The Morgan fingerprint density at radius 2 is 2.14 bits per heavy atom. The van der Waals surface area contributed by atoms with E-state index in [1.807, 2.05) is 0 Å². The first kappa shape index (κ1) is 9.34. The minimum atomic E-state index is 0.271. The van der Waals surface area contributed by atoms with E-state index in [1.165, 1.54) is 17.9 Å². The number of Topliss-reactive ketones (excluding diaryl/α,β-unsaturated/α-hetero) is 1. The number of ketones is 1. The van der Waals surface area contributed by atoms with Gasteiger partial charge in [-0.05, 0) is 30.3 Å². The van der Waals surface area contributed by atoms with E-state index in [2.05, 4.69) is 35.7 Å². The fourth-order valence-electron chi connectivity index (χ4n) is 2.80. The van der Waals surface area contributed by atoms with Crippen LogP contribution in [0.25, 0.3) is 0 Å². The summed E-state index contributed by atoms with van der Waals surface area (Å²) in [5.74, 6) is 3.91. The summed E-state index contributed by atoms with van der Waals surface area (Å²) < 4.78 is 0.287. The fourth-order valence-corrected chi connectivity index (χ4v) is 6.34. The molecule has 3 rings (SSSR count). The Bertz CT molecular complexity index is 292. The first-order valence-corrected chi connectivity index (χ1v) is 7.29. The molecule has 1 nitrogen and oxygen atoms in total. The van der Waals surface area contributed by atoms with Crippen molar-refractivity contribution in [3.05, 3.63) is 12.2 Å². The highest BCUT2D eigenvalue weighted by atomic mass is 32.2. The van der Waals surface area contributed by atoms with Crippen molar-refractivity contribution in [2.24, 2.45) is 11.8 Å². The Kier molecular flexibility index (Phi) is 2.21. The molecular formula is C11H14OS2. The van der Waals surface area contributed by atoms with Crippen LogP contribution in [0, 0.1) is 11.8 Å². The highest BCUT2D eigenvalue weighted by Gasteiger charge is 2.51. The summed E-state index contributed by atoms with van der Waals surface area (Å²) in [5, 5.41) is 0. The van der Waals surface area contributed by atoms with Crippen LogP contribution in [0.15, 0.2) is 12.2 Å². The molecule has 14 heavy (non-hydrogen) atoms. The molecule has 1 heterocycles. The van der Waals surface area contributed by atoms with Crippen molar-refractivity contribution in [3.8, 4) is 0 Å². The van der Waals surface area contributed by atoms with E-state index in [0.717, 1.165) is 12.8 Å². The van der Waals surface area contributed by atoms with Crippen molar-refractivity contribution in [1.82, 2.24) is 0 Å². The second kappa shape index (κ2) is 3.31. The Morgan fingerprint density at radius 3 is 2.93 bits per heavy atom. The molecule has 0 N–H and O–H groups in total. The lowest BCUT2D eigenvalue weighted by atomic mass is 9.99. The highest BCUT2D eigenvalue weighted by Crippen LogP contribution is 2.58. The minimum Gasteiger partial charge on any atom is -0.299 e. The van der Waals surface area contributed by atoms with Gasteiger partial charge in [-0.15, -0.1) is 23.5 Å². The normalized spacial score (nSPS) is 39.3. The molecule has 1 spiro atoms. The van der Waals surface area contributed by atoms with E-state index in [4.69, 9.17) is 0 Å². The van der Waals surface area contributed by atoms with Gasteiger partial charge in [-0.2, -0.15) is 0 Å². The molecular weight excluding hydrogens is 212 g/mol. The van der Waals surface area contributed by atoms with Gasteiger partial charge in [0.25, 0.3) is 0 Å². The van der Waals surface area contributed by atoms with Crippen molar-refractivity contribution in [1.29, 1.82) is 0 Å². The number of carbonyl (C=O) groups excluding carboxylic acids is 1. The van der Waals surface area contributed by atoms with E-state index in [0.29, 0.717) is 11.7 Å². The summed E-state index contributed by atoms with van der Waals surface area (Å²) in [6, 6.07) is 0. The predicted octanol–water partition coefficient (Wildman–Crippen LogP) is 2.72. The fraction of sp³-hybridized carbons (Fsp3) is 0.727. The molecule has 0 radical (unpaired) electrons. The molecule has 1 aliphatic heterocycles. The highest BCUT2D eigenvalue weighted by molar-refractivity contribution is 8.19. The number of thioether (sulfide) groups is 2. The number of carbonyl (C=O) groups is 1. The van der Waals surface area contributed by atoms with Crippen LogP contribution in [0.5, 0.6) is 0 Å². The molecule has 1 saturated heterocycles. The van der Waals surface area contributed by atoms with Crippen LogP contribution in [-0.2, 0) is 4.79 Å². The average Bonchev–Trinajstić information content (AvgIpc) is 2.73. The van der Waals surface area contributed by atoms with Gasteiger partial charge in [-0.1, -0.05) is 12.2 Å². The molecule has 0 aromatic heterocycles. The van der Waals surface area contributed by atoms with E-state index in [9.17, 15) is 4.79 Å². The average molecular weight is 226 g/mol. The van der Waals surface area contributed by atoms with Crippen LogP contribution < -0.4 is 0 Å². The van der Waals surface area contributed by atoms with Gasteiger partial charge in [-0.25, -0.2) is 0 Å². The lowest BCUT2D eigenvalue weighted by Crippen LogP contribution is -2.30. The van der Waals surface area contributed by atoms with Gasteiger partial charge in [0.05, 0.1) is 4.08 Å². The standard InChI is InChI=1S/C11H14OS2/c12-10-3-2-9-8(10)4-5-11(9)13-6-1-7-14-11/h4-5,8-9H,1-3,6-7H2/t8-,9+/m0/s1. The van der Waals surface area contributed by atoms with Gasteiger partial charge in [0.15, 0.2) is 0 Å². The smallest absolute Gasteiger partial charge is 0.140 e. The maximum Gasteiger partial charge on any atom is 0.140 e. The van der Waals surface area contributed by atoms with Crippen molar-refractivity contribution in [3.63, 3.8) is 0 Å². The summed E-state index contributed by atoms with van der Waals surface area (Å²) in [4.78, 5) is 11.6. The Labute approximate surface area is 93.1 Å². The molecule has 76 valence electrons. The zero-order valence-electron chi connectivity index (χ0n) is 8.07. The Hall–Kier alpha value is 0.110. The monoisotopic (exact) mass is 226 g/mol. The first-order valence-electron chi connectivity index (χ1n) is 5.32. The van der Waals surface area contributed by atoms with E-state index in [-0.39, 0.29) is 10.00 Å². The third-order valence-electron chi connectivity index (χ3n) is 3.50. The van der Waals surface area contributed by atoms with Crippen molar-refractivity contribution in [2.75, 3.05) is 11.5 Å². The molecule has 0 aromatic carbocycles. The van der Waals surface area contributed by atoms with Crippen LogP contribution in [-0.4, -0.2) is 21.4 Å². The SMILES string of the molecule is O=C1CC[C@@H]2[C@@H]1C=CC21SCCCS1. The molecule has 3 aliphatic rings. The summed E-state index contributed by atoms with van der Waals surface area (Å²) in [6.07, 6.45) is 7.79. The van der Waals surface area contributed by atoms with Crippen LogP contribution >= 0.6 is 23.5 Å². The Morgan fingerprint density at radius 1 is 1.36 bits per heavy atom. The lowest BCUT2D eigenvalue weighted by molar-refractivity contribution is -0.119. The number of rotatable bonds is 0. The molecule has 2 atom stereocenters. The van der Waals surface area contributed by atoms with Gasteiger partial charge in [0, 0.05) is 12.3 Å². The predicted molar refractivity (Wildman–Crippen MR) is 62.6 cm³/mol. The largest absolute Gasteiger partial charge is 0.299 e. The van der Waals surface area contributed by atoms with Crippen LogP contribution in [0.1, 0.15) is 19.3 Å². The van der Waals surface area contributed by atoms with E-state index < -0.39 is 0 Å². The van der Waals surface area contributed by atoms with E-state index in [1.54, 1.807) is 0 Å². The van der Waals surface area contributed by atoms with Gasteiger partial charge in [-0.3, -0.25) is 4.79 Å². The van der Waals surface area contributed by atoms with Crippen LogP contribution in [0.4, 0.5) is 0 Å². The number of hydrogen-bond acceptors (Lipinski definition) is 3. The lowest BCUT2D eigenvalue weighted by Gasteiger charge is -2.36. The third-order valence-corrected chi connectivity index (χ3v) is 6.98. The molecule has 2 fully saturated rings. The zero-order chi connectivity index (χ0) is 9.60. The summed E-state index contributed by atoms with van der Waals surface area (Å²) in [7, 11) is 0. The van der Waals surface area contributed by atoms with Crippen molar-refractivity contribution < 1.29 is 4.79 Å². The molecule has 0 unspecified atom stereocenters. The number of fused-ring (bicyclic) bond motifs is 2. The molecule has 0 amide bonds. The van der Waals surface area contributed by atoms with Crippen LogP contribution in [0.2, 0.25) is 0 Å². The number of allylic oxidation sites excluding steroid dienone is 1. The zero-order valence-corrected chi connectivity index (χ0v) is 9.70. The van der Waals surface area contributed by atoms with Gasteiger partial charge in [0.2, 0.25) is 0 Å². The van der Waals surface area contributed by atoms with Crippen molar-refractivity contribution in [2.45, 2.75) is 23.3 Å². The minimum absolute atomic E-state index is 0.271. The maximum atomic E-state index is 11.6. The summed E-state index contributed by atoms with van der Waals surface area (Å²) in [6.45, 7) is 0.